The maximum absolute atomic E-state index is 14.5. The molecule has 2 aromatic carbocycles. The van der Waals surface area contributed by atoms with E-state index in [2.05, 4.69) is 35.2 Å². The fraction of sp³-hybridized carbons (Fsp3) is 0.478. The maximum atomic E-state index is 14.5. The molecule has 0 spiro atoms. The molecule has 2 nitrogen and oxygen atoms in total. The molecule has 0 radical (unpaired) electrons. The third-order valence-corrected chi connectivity index (χ3v) is 6.24. The minimum Gasteiger partial charge on any atom is -0.389 e. The van der Waals surface area contributed by atoms with E-state index in [0.717, 1.165) is 32.2 Å². The van der Waals surface area contributed by atoms with E-state index >= 15 is 0 Å². The van der Waals surface area contributed by atoms with E-state index in [0.29, 0.717) is 29.6 Å². The normalized spacial score (nSPS) is 28.9. The second kappa shape index (κ2) is 7.13. The highest BCUT2D eigenvalue weighted by Crippen LogP contribution is 2.41. The van der Waals surface area contributed by atoms with E-state index in [-0.39, 0.29) is 5.82 Å². The van der Waals surface area contributed by atoms with Gasteiger partial charge in [0.05, 0.1) is 5.60 Å². The van der Waals surface area contributed by atoms with Gasteiger partial charge in [-0.05, 0) is 49.3 Å². The van der Waals surface area contributed by atoms with E-state index < -0.39 is 5.60 Å². The largest absolute Gasteiger partial charge is 0.389 e. The van der Waals surface area contributed by atoms with Gasteiger partial charge in [0, 0.05) is 25.0 Å². The molecule has 4 rings (SSSR count). The Hall–Kier alpha value is -1.71. The molecule has 2 bridgehead atoms. The van der Waals surface area contributed by atoms with Gasteiger partial charge in [-0.2, -0.15) is 0 Å². The first-order chi connectivity index (χ1) is 12.5. The van der Waals surface area contributed by atoms with Crippen molar-refractivity contribution in [3.05, 3.63) is 71.0 Å². The van der Waals surface area contributed by atoms with Gasteiger partial charge in [-0.1, -0.05) is 55.0 Å². The van der Waals surface area contributed by atoms with Crippen LogP contribution in [0.15, 0.2) is 48.5 Å². The molecule has 0 aromatic heterocycles. The van der Waals surface area contributed by atoms with Crippen molar-refractivity contribution in [2.45, 2.75) is 69.7 Å². The summed E-state index contributed by atoms with van der Waals surface area (Å²) < 4.78 is 14.5. The van der Waals surface area contributed by atoms with Crippen LogP contribution in [0.1, 0.15) is 48.8 Å². The summed E-state index contributed by atoms with van der Waals surface area (Å²) in [5.74, 6) is -0.155. The van der Waals surface area contributed by atoms with Crippen LogP contribution in [0, 0.1) is 12.7 Å². The van der Waals surface area contributed by atoms with Crippen LogP contribution in [0.2, 0.25) is 0 Å². The van der Waals surface area contributed by atoms with Crippen molar-refractivity contribution in [3.63, 3.8) is 0 Å². The van der Waals surface area contributed by atoms with Crippen LogP contribution in [-0.2, 0) is 13.0 Å². The second-order valence-electron chi connectivity index (χ2n) is 8.25. The Labute approximate surface area is 155 Å². The summed E-state index contributed by atoms with van der Waals surface area (Å²) in [5.41, 5.74) is 1.85. The zero-order valence-electron chi connectivity index (χ0n) is 15.5. The molecule has 0 amide bonds. The summed E-state index contributed by atoms with van der Waals surface area (Å²) in [6, 6.07) is 16.9. The standard InChI is InChI=1S/C23H28FNO/c1-17-7-5-10-19(22(17)24)13-23(26)14-20-11-6-12-21(15-23)25(20)16-18-8-3-2-4-9-18/h2-5,7-10,20-21,26H,6,11-16H2,1H3. The zero-order valence-corrected chi connectivity index (χ0v) is 15.5. The van der Waals surface area contributed by atoms with Crippen LogP contribution in [0.25, 0.3) is 0 Å². The number of hydrogen-bond acceptors (Lipinski definition) is 2. The van der Waals surface area contributed by atoms with Crippen molar-refractivity contribution in [1.29, 1.82) is 0 Å². The Morgan fingerprint density at radius 2 is 1.73 bits per heavy atom. The lowest BCUT2D eigenvalue weighted by Gasteiger charge is -2.52. The molecule has 2 unspecified atom stereocenters. The molecule has 2 fully saturated rings. The van der Waals surface area contributed by atoms with Crippen molar-refractivity contribution < 1.29 is 9.50 Å². The first-order valence-corrected chi connectivity index (χ1v) is 9.80. The summed E-state index contributed by atoms with van der Waals surface area (Å²) in [5, 5.41) is 11.3. The van der Waals surface area contributed by atoms with Crippen molar-refractivity contribution in [2.24, 2.45) is 0 Å². The van der Waals surface area contributed by atoms with E-state index in [4.69, 9.17) is 0 Å². The Balaban J connectivity index is 1.52. The van der Waals surface area contributed by atoms with Crippen LogP contribution in [0.3, 0.4) is 0 Å². The van der Waals surface area contributed by atoms with E-state index in [1.165, 1.54) is 12.0 Å². The number of benzene rings is 2. The first kappa shape index (κ1) is 17.7. The van der Waals surface area contributed by atoms with Crippen molar-refractivity contribution >= 4 is 0 Å². The molecule has 2 aromatic rings. The minimum absolute atomic E-state index is 0.155. The topological polar surface area (TPSA) is 23.5 Å². The van der Waals surface area contributed by atoms with Crippen LogP contribution in [0.5, 0.6) is 0 Å². The molecule has 0 aliphatic carbocycles. The van der Waals surface area contributed by atoms with Gasteiger partial charge >= 0.3 is 0 Å². The average molecular weight is 353 g/mol. The number of fused-ring (bicyclic) bond motifs is 2. The van der Waals surface area contributed by atoms with Gasteiger partial charge < -0.3 is 5.11 Å². The predicted molar refractivity (Wildman–Crippen MR) is 102 cm³/mol. The summed E-state index contributed by atoms with van der Waals surface area (Å²) in [6.45, 7) is 2.74. The molecule has 138 valence electrons. The van der Waals surface area contributed by atoms with Gasteiger partial charge in [-0.15, -0.1) is 0 Å². The number of aliphatic hydroxyl groups is 1. The van der Waals surface area contributed by atoms with Crippen molar-refractivity contribution in [2.75, 3.05) is 0 Å². The van der Waals surface area contributed by atoms with Crippen LogP contribution >= 0.6 is 0 Å². The number of hydrogen-bond donors (Lipinski definition) is 1. The lowest BCUT2D eigenvalue weighted by Crippen LogP contribution is -2.58. The summed E-state index contributed by atoms with van der Waals surface area (Å²) in [7, 11) is 0. The van der Waals surface area contributed by atoms with Crippen LogP contribution < -0.4 is 0 Å². The van der Waals surface area contributed by atoms with Gasteiger partial charge in [-0.3, -0.25) is 4.90 Å². The first-order valence-electron chi connectivity index (χ1n) is 9.80. The molecular weight excluding hydrogens is 325 g/mol. The van der Waals surface area contributed by atoms with E-state index in [9.17, 15) is 9.50 Å². The minimum atomic E-state index is -0.794. The van der Waals surface area contributed by atoms with Crippen LogP contribution in [-0.4, -0.2) is 27.7 Å². The average Bonchev–Trinajstić information content (AvgIpc) is 2.61. The molecular formula is C23H28FNO. The number of aryl methyl sites for hydroxylation is 1. The predicted octanol–water partition coefficient (Wildman–Crippen LogP) is 4.62. The number of halogens is 1. The highest BCUT2D eigenvalue weighted by atomic mass is 19.1. The molecule has 26 heavy (non-hydrogen) atoms. The quantitative estimate of drug-likeness (QED) is 0.867. The molecule has 2 aliphatic rings. The van der Waals surface area contributed by atoms with Crippen molar-refractivity contribution in [1.82, 2.24) is 4.90 Å². The maximum Gasteiger partial charge on any atom is 0.129 e. The zero-order chi connectivity index (χ0) is 18.1. The SMILES string of the molecule is Cc1cccc(CC2(O)CC3CCCC(C2)N3Cc2ccccc2)c1F. The summed E-state index contributed by atoms with van der Waals surface area (Å²) in [6.07, 6.45) is 5.39. The molecule has 2 atom stereocenters. The Morgan fingerprint density at radius 3 is 2.42 bits per heavy atom. The number of nitrogens with zero attached hydrogens (tertiary/aromatic N) is 1. The Morgan fingerprint density at radius 1 is 1.04 bits per heavy atom. The lowest BCUT2D eigenvalue weighted by atomic mass is 9.73. The van der Waals surface area contributed by atoms with Gasteiger partial charge in [0.15, 0.2) is 0 Å². The smallest absolute Gasteiger partial charge is 0.129 e. The molecule has 0 saturated carbocycles. The van der Waals surface area contributed by atoms with Gasteiger partial charge in [0.2, 0.25) is 0 Å². The molecule has 2 saturated heterocycles. The van der Waals surface area contributed by atoms with E-state index in [1.54, 1.807) is 13.0 Å². The second-order valence-corrected chi connectivity index (χ2v) is 8.25. The Kier molecular flexibility index (Phi) is 4.85. The number of rotatable bonds is 4. The fourth-order valence-corrected chi connectivity index (χ4v) is 5.01. The van der Waals surface area contributed by atoms with Crippen LogP contribution in [0.4, 0.5) is 4.39 Å². The van der Waals surface area contributed by atoms with Crippen molar-refractivity contribution in [3.8, 4) is 0 Å². The fourth-order valence-electron chi connectivity index (χ4n) is 5.01. The molecule has 2 aliphatic heterocycles. The number of piperidine rings is 2. The van der Waals surface area contributed by atoms with Gasteiger partial charge in [0.1, 0.15) is 5.82 Å². The molecule has 3 heteroatoms. The Bertz CT molecular complexity index is 746. The summed E-state index contributed by atoms with van der Waals surface area (Å²) in [4.78, 5) is 2.58. The summed E-state index contributed by atoms with van der Waals surface area (Å²) >= 11 is 0. The van der Waals surface area contributed by atoms with Gasteiger partial charge in [-0.25, -0.2) is 4.39 Å². The third kappa shape index (κ3) is 3.56. The monoisotopic (exact) mass is 353 g/mol. The molecule has 1 N–H and O–H groups in total. The van der Waals surface area contributed by atoms with E-state index in [1.807, 2.05) is 12.1 Å². The highest BCUT2D eigenvalue weighted by Gasteiger charge is 2.45. The molecule has 2 heterocycles. The highest BCUT2D eigenvalue weighted by molar-refractivity contribution is 5.27. The third-order valence-electron chi connectivity index (χ3n) is 6.24. The lowest BCUT2D eigenvalue weighted by molar-refractivity contribution is -0.0949. The van der Waals surface area contributed by atoms with Gasteiger partial charge in [0.25, 0.3) is 0 Å².